The molecule has 0 amide bonds. The molecule has 0 aliphatic heterocycles. The van der Waals surface area contributed by atoms with Crippen LogP contribution < -0.4 is 18.9 Å². The van der Waals surface area contributed by atoms with E-state index >= 15 is 0 Å². The molecule has 0 aromatic heterocycles. The van der Waals surface area contributed by atoms with E-state index in [1.165, 1.54) is 11.8 Å². The molecule has 4 aromatic rings. The van der Waals surface area contributed by atoms with Crippen molar-refractivity contribution in [2.75, 3.05) is 14.2 Å². The summed E-state index contributed by atoms with van der Waals surface area (Å²) in [6, 6.07) is 27.9. The van der Waals surface area contributed by atoms with Gasteiger partial charge < -0.3 is 18.9 Å². The van der Waals surface area contributed by atoms with E-state index in [9.17, 15) is 9.59 Å². The van der Waals surface area contributed by atoms with E-state index in [0.717, 1.165) is 9.79 Å². The lowest BCUT2D eigenvalue weighted by Crippen LogP contribution is -2.08. The van der Waals surface area contributed by atoms with Crippen LogP contribution in [0.5, 0.6) is 23.0 Å². The fraction of sp³-hybridized carbons (Fsp3) is 0.0714. The lowest BCUT2D eigenvalue weighted by molar-refractivity contribution is 0.0725. The van der Waals surface area contributed by atoms with Crippen LogP contribution in [0, 0.1) is 0 Å². The summed E-state index contributed by atoms with van der Waals surface area (Å²) in [6.45, 7) is 0. The van der Waals surface area contributed by atoms with Gasteiger partial charge in [-0.1, -0.05) is 11.8 Å². The zero-order valence-electron chi connectivity index (χ0n) is 19.1. The molecule has 176 valence electrons. The summed E-state index contributed by atoms with van der Waals surface area (Å²) < 4.78 is 21.1. The molecule has 35 heavy (non-hydrogen) atoms. The fourth-order valence-corrected chi connectivity index (χ4v) is 3.89. The average Bonchev–Trinajstić information content (AvgIpc) is 2.91. The topological polar surface area (TPSA) is 71.1 Å². The third-order valence-electron chi connectivity index (χ3n) is 4.96. The SMILES string of the molecule is COc1ccc(C(=O)Oc2ccc(Sc3ccc(OC(=O)c4ccc(OC)cc4)cc3)cc2)cc1. The van der Waals surface area contributed by atoms with Crippen LogP contribution in [0.3, 0.4) is 0 Å². The van der Waals surface area contributed by atoms with Crippen LogP contribution in [0.15, 0.2) is 107 Å². The maximum atomic E-state index is 12.3. The third kappa shape index (κ3) is 6.43. The van der Waals surface area contributed by atoms with Crippen molar-refractivity contribution in [3.8, 4) is 23.0 Å². The Morgan fingerprint density at radius 1 is 0.486 bits per heavy atom. The minimum absolute atomic E-state index is 0.437. The molecule has 0 atom stereocenters. The van der Waals surface area contributed by atoms with Gasteiger partial charge in [-0.25, -0.2) is 9.59 Å². The van der Waals surface area contributed by atoms with E-state index in [0.29, 0.717) is 34.1 Å². The second-order valence-corrected chi connectivity index (χ2v) is 8.43. The number of methoxy groups -OCH3 is 2. The van der Waals surface area contributed by atoms with Crippen LogP contribution in [-0.2, 0) is 0 Å². The molecule has 0 heterocycles. The third-order valence-corrected chi connectivity index (χ3v) is 5.97. The first-order chi connectivity index (χ1) is 17.0. The van der Waals surface area contributed by atoms with E-state index in [1.807, 2.05) is 24.3 Å². The smallest absolute Gasteiger partial charge is 0.343 e. The molecular formula is C28H22O6S. The lowest BCUT2D eigenvalue weighted by Gasteiger charge is -2.08. The Labute approximate surface area is 207 Å². The molecule has 0 spiro atoms. The maximum Gasteiger partial charge on any atom is 0.343 e. The summed E-state index contributed by atoms with van der Waals surface area (Å²) in [5.41, 5.74) is 0.883. The summed E-state index contributed by atoms with van der Waals surface area (Å²) in [4.78, 5) is 26.6. The Morgan fingerprint density at radius 2 is 0.800 bits per heavy atom. The Hall–Kier alpha value is -4.23. The summed E-state index contributed by atoms with van der Waals surface area (Å²) in [7, 11) is 3.14. The lowest BCUT2D eigenvalue weighted by atomic mass is 10.2. The first-order valence-electron chi connectivity index (χ1n) is 10.6. The first-order valence-corrected chi connectivity index (χ1v) is 11.5. The highest BCUT2D eigenvalue weighted by Gasteiger charge is 2.10. The summed E-state index contributed by atoms with van der Waals surface area (Å²) in [5.74, 6) is 1.38. The van der Waals surface area contributed by atoms with E-state index < -0.39 is 11.9 Å². The fourth-order valence-electron chi connectivity index (χ4n) is 3.07. The molecular weight excluding hydrogens is 464 g/mol. The average molecular weight is 487 g/mol. The van der Waals surface area contributed by atoms with E-state index in [2.05, 4.69) is 0 Å². The van der Waals surface area contributed by atoms with Gasteiger partial charge in [-0.3, -0.25) is 0 Å². The van der Waals surface area contributed by atoms with E-state index in [-0.39, 0.29) is 0 Å². The standard InChI is InChI=1S/C28H22O6S/c1-31-21-7-3-19(4-8-21)27(29)33-23-11-15-25(16-12-23)35-26-17-13-24(14-18-26)34-28(30)20-5-9-22(32-2)10-6-20/h3-18H,1-2H3. The number of esters is 2. The minimum Gasteiger partial charge on any atom is -0.497 e. The number of rotatable bonds is 8. The van der Waals surface area contributed by atoms with Crippen LogP contribution >= 0.6 is 11.8 Å². The van der Waals surface area contributed by atoms with Crippen molar-refractivity contribution in [3.63, 3.8) is 0 Å². The van der Waals surface area contributed by atoms with Crippen LogP contribution in [0.1, 0.15) is 20.7 Å². The first kappa shape index (κ1) is 23.9. The highest BCUT2D eigenvalue weighted by molar-refractivity contribution is 7.99. The van der Waals surface area contributed by atoms with Gasteiger partial charge in [0.05, 0.1) is 25.3 Å². The predicted octanol–water partition coefficient (Wildman–Crippen LogP) is 6.29. The monoisotopic (exact) mass is 486 g/mol. The zero-order valence-corrected chi connectivity index (χ0v) is 19.9. The highest BCUT2D eigenvalue weighted by atomic mass is 32.2. The maximum absolute atomic E-state index is 12.3. The van der Waals surface area contributed by atoms with Gasteiger partial charge in [-0.05, 0) is 97.1 Å². The summed E-state index contributed by atoms with van der Waals surface area (Å²) in [6.07, 6.45) is 0. The number of benzene rings is 4. The van der Waals surface area contributed by atoms with Gasteiger partial charge >= 0.3 is 11.9 Å². The van der Waals surface area contributed by atoms with Gasteiger partial charge in [0.15, 0.2) is 0 Å². The van der Waals surface area contributed by atoms with Crippen molar-refractivity contribution >= 4 is 23.7 Å². The molecule has 0 N–H and O–H groups in total. The van der Waals surface area contributed by atoms with E-state index in [4.69, 9.17) is 18.9 Å². The minimum atomic E-state index is -0.437. The largest absolute Gasteiger partial charge is 0.497 e. The van der Waals surface area contributed by atoms with Gasteiger partial charge in [-0.15, -0.1) is 0 Å². The second kappa shape index (κ2) is 11.3. The van der Waals surface area contributed by atoms with Crippen molar-refractivity contribution in [2.45, 2.75) is 9.79 Å². The number of hydrogen-bond donors (Lipinski definition) is 0. The van der Waals surface area contributed by atoms with Gasteiger partial charge in [0.1, 0.15) is 23.0 Å². The van der Waals surface area contributed by atoms with Crippen LogP contribution in [0.25, 0.3) is 0 Å². The molecule has 0 aliphatic rings. The Morgan fingerprint density at radius 3 is 1.11 bits per heavy atom. The molecule has 0 unspecified atom stereocenters. The number of carbonyl (C=O) groups excluding carboxylic acids is 2. The van der Waals surface area contributed by atoms with Crippen molar-refractivity contribution in [3.05, 3.63) is 108 Å². The second-order valence-electron chi connectivity index (χ2n) is 7.28. The molecule has 4 rings (SSSR count). The molecule has 0 bridgehead atoms. The molecule has 7 heteroatoms. The number of ether oxygens (including phenoxy) is 4. The van der Waals surface area contributed by atoms with Crippen LogP contribution in [0.2, 0.25) is 0 Å². The predicted molar refractivity (Wildman–Crippen MR) is 133 cm³/mol. The van der Waals surface area contributed by atoms with E-state index in [1.54, 1.807) is 87.0 Å². The number of carbonyl (C=O) groups is 2. The number of hydrogen-bond acceptors (Lipinski definition) is 7. The molecule has 6 nitrogen and oxygen atoms in total. The van der Waals surface area contributed by atoms with Gasteiger partial charge in [0.25, 0.3) is 0 Å². The molecule has 0 aliphatic carbocycles. The van der Waals surface area contributed by atoms with Crippen LogP contribution in [-0.4, -0.2) is 26.2 Å². The van der Waals surface area contributed by atoms with Crippen molar-refractivity contribution in [2.24, 2.45) is 0 Å². The summed E-state index contributed by atoms with van der Waals surface area (Å²) in [5, 5.41) is 0. The summed E-state index contributed by atoms with van der Waals surface area (Å²) >= 11 is 1.53. The molecule has 0 radical (unpaired) electrons. The molecule has 0 saturated carbocycles. The van der Waals surface area contributed by atoms with Crippen molar-refractivity contribution in [1.82, 2.24) is 0 Å². The Kier molecular flexibility index (Phi) is 7.70. The van der Waals surface area contributed by atoms with Crippen molar-refractivity contribution < 1.29 is 28.5 Å². The van der Waals surface area contributed by atoms with Gasteiger partial charge in [0.2, 0.25) is 0 Å². The Balaban J connectivity index is 1.31. The zero-order chi connectivity index (χ0) is 24.6. The normalized spacial score (nSPS) is 10.3. The van der Waals surface area contributed by atoms with Crippen LogP contribution in [0.4, 0.5) is 0 Å². The molecule has 4 aromatic carbocycles. The molecule has 0 fully saturated rings. The molecule has 0 saturated heterocycles. The van der Waals surface area contributed by atoms with Crippen molar-refractivity contribution in [1.29, 1.82) is 0 Å². The Bertz CT molecular complexity index is 1180. The van der Waals surface area contributed by atoms with Gasteiger partial charge in [-0.2, -0.15) is 0 Å². The van der Waals surface area contributed by atoms with Gasteiger partial charge in [0, 0.05) is 9.79 Å². The quantitative estimate of drug-likeness (QED) is 0.214. The highest BCUT2D eigenvalue weighted by Crippen LogP contribution is 2.30.